The average Bonchev–Trinajstić information content (AvgIpc) is 3.62. The lowest BCUT2D eigenvalue weighted by molar-refractivity contribution is -0.132. The Morgan fingerprint density at radius 1 is 1.14 bits per heavy atom. The smallest absolute Gasteiger partial charge is 0.287 e. The number of hydrogen-bond donors (Lipinski definition) is 1. The first kappa shape index (κ1) is 25.1. The second kappa shape index (κ2) is 11.2. The Kier molecular flexibility index (Phi) is 7.60. The fourth-order valence-electron chi connectivity index (χ4n) is 5.19. The van der Waals surface area contributed by atoms with Crippen LogP contribution < -0.4 is 10.1 Å². The van der Waals surface area contributed by atoms with E-state index in [1.807, 2.05) is 30.0 Å². The van der Waals surface area contributed by atoms with Crippen LogP contribution in [0.5, 0.6) is 5.75 Å². The van der Waals surface area contributed by atoms with Crippen molar-refractivity contribution >= 4 is 11.8 Å². The number of furan rings is 1. The van der Waals surface area contributed by atoms with Gasteiger partial charge in [0.15, 0.2) is 5.76 Å². The summed E-state index contributed by atoms with van der Waals surface area (Å²) in [7, 11) is 0. The van der Waals surface area contributed by atoms with Gasteiger partial charge in [-0.05, 0) is 67.1 Å². The van der Waals surface area contributed by atoms with Crippen LogP contribution in [-0.4, -0.2) is 42.5 Å². The molecule has 7 nitrogen and oxygen atoms in total. The van der Waals surface area contributed by atoms with E-state index in [1.165, 1.54) is 5.56 Å². The minimum Gasteiger partial charge on any atom is -0.486 e. The number of aryl methyl sites for hydroxylation is 1. The fraction of sp³-hybridized carbons (Fsp3) is 0.400. The molecule has 1 saturated heterocycles. The highest BCUT2D eigenvalue weighted by Gasteiger charge is 2.31. The van der Waals surface area contributed by atoms with Crippen LogP contribution in [0.1, 0.15) is 70.8 Å². The maximum absolute atomic E-state index is 12.9. The summed E-state index contributed by atoms with van der Waals surface area (Å²) in [6.07, 6.45) is 3.36. The van der Waals surface area contributed by atoms with Crippen LogP contribution in [0, 0.1) is 6.92 Å². The minimum atomic E-state index is -0.253. The van der Waals surface area contributed by atoms with Crippen LogP contribution >= 0.6 is 0 Å². The minimum absolute atomic E-state index is 0.0814. The van der Waals surface area contributed by atoms with Crippen molar-refractivity contribution in [2.75, 3.05) is 19.7 Å². The van der Waals surface area contributed by atoms with Crippen molar-refractivity contribution in [1.29, 1.82) is 0 Å². The van der Waals surface area contributed by atoms with E-state index in [0.29, 0.717) is 31.0 Å². The fourth-order valence-corrected chi connectivity index (χ4v) is 5.19. The van der Waals surface area contributed by atoms with E-state index in [-0.39, 0.29) is 36.3 Å². The molecule has 2 aromatic carbocycles. The van der Waals surface area contributed by atoms with E-state index in [1.54, 1.807) is 12.1 Å². The van der Waals surface area contributed by atoms with Gasteiger partial charge in [-0.3, -0.25) is 9.59 Å². The maximum atomic E-state index is 12.9. The molecule has 0 spiro atoms. The first-order chi connectivity index (χ1) is 18.0. The van der Waals surface area contributed by atoms with Crippen LogP contribution in [-0.2, 0) is 22.6 Å². The third-order valence-electron chi connectivity index (χ3n) is 7.11. The molecule has 0 bridgehead atoms. The second-order valence-corrected chi connectivity index (χ2v) is 9.77. The molecule has 7 heteroatoms. The topological polar surface area (TPSA) is 81.0 Å². The van der Waals surface area contributed by atoms with Gasteiger partial charge in [-0.15, -0.1) is 0 Å². The molecule has 194 valence electrons. The van der Waals surface area contributed by atoms with Crippen LogP contribution in [0.15, 0.2) is 59.0 Å². The Labute approximate surface area is 217 Å². The van der Waals surface area contributed by atoms with Crippen molar-refractivity contribution in [3.63, 3.8) is 0 Å². The SMILES string of the molecule is CCC(=O)N1CCc2ccc(OCc3ccc(C(=O)NC[C@H]4CCCO4)o3)cc2[C@@H]1c1cccc(C)c1. The zero-order valence-corrected chi connectivity index (χ0v) is 21.5. The lowest BCUT2D eigenvalue weighted by Gasteiger charge is -2.38. The zero-order chi connectivity index (χ0) is 25.8. The zero-order valence-electron chi connectivity index (χ0n) is 21.5. The summed E-state index contributed by atoms with van der Waals surface area (Å²) in [5, 5.41) is 2.87. The number of ether oxygens (including phenoxy) is 2. The number of fused-ring (bicyclic) bond motifs is 1. The van der Waals surface area contributed by atoms with E-state index < -0.39 is 0 Å². The Morgan fingerprint density at radius 2 is 2.03 bits per heavy atom. The van der Waals surface area contributed by atoms with Gasteiger partial charge in [0, 0.05) is 26.1 Å². The average molecular weight is 503 g/mol. The number of amides is 2. The van der Waals surface area contributed by atoms with Crippen molar-refractivity contribution in [3.05, 3.63) is 88.4 Å². The van der Waals surface area contributed by atoms with Gasteiger partial charge in [0.1, 0.15) is 18.1 Å². The van der Waals surface area contributed by atoms with E-state index in [9.17, 15) is 9.59 Å². The van der Waals surface area contributed by atoms with Gasteiger partial charge in [-0.1, -0.05) is 42.8 Å². The molecule has 37 heavy (non-hydrogen) atoms. The molecular weight excluding hydrogens is 468 g/mol. The number of nitrogens with one attached hydrogen (secondary N) is 1. The Morgan fingerprint density at radius 3 is 2.81 bits per heavy atom. The Bertz CT molecular complexity index is 1260. The van der Waals surface area contributed by atoms with Crippen LogP contribution in [0.3, 0.4) is 0 Å². The van der Waals surface area contributed by atoms with Gasteiger partial charge >= 0.3 is 0 Å². The van der Waals surface area contributed by atoms with E-state index in [2.05, 4.69) is 36.5 Å². The number of carbonyl (C=O) groups is 2. The third kappa shape index (κ3) is 5.72. The maximum Gasteiger partial charge on any atom is 0.287 e. The predicted molar refractivity (Wildman–Crippen MR) is 140 cm³/mol. The number of benzene rings is 2. The molecule has 0 aliphatic carbocycles. The monoisotopic (exact) mass is 502 g/mol. The number of rotatable bonds is 8. The van der Waals surface area contributed by atoms with Gasteiger partial charge in [-0.2, -0.15) is 0 Å². The Hall–Kier alpha value is -3.58. The molecular formula is C30H34N2O5. The van der Waals surface area contributed by atoms with Gasteiger partial charge in [0.25, 0.3) is 5.91 Å². The van der Waals surface area contributed by atoms with Crippen molar-refractivity contribution in [3.8, 4) is 5.75 Å². The first-order valence-corrected chi connectivity index (χ1v) is 13.1. The molecule has 2 atom stereocenters. The summed E-state index contributed by atoms with van der Waals surface area (Å²) in [5.74, 6) is 1.41. The Balaban J connectivity index is 1.30. The lowest BCUT2D eigenvalue weighted by atomic mass is 9.87. The standard InChI is InChI=1S/C30H34N2O5/c1-3-28(33)32-14-13-21-9-10-23(17-26(21)29(32)22-7-4-6-20(2)16-22)36-19-25-11-12-27(37-25)30(34)31-18-24-8-5-15-35-24/h4,6-7,9-12,16-17,24,29H,3,5,8,13-15,18-19H2,1-2H3,(H,31,34)/t24-,29+/m1/s1. The molecule has 0 radical (unpaired) electrons. The number of carbonyl (C=O) groups excluding carboxylic acids is 2. The van der Waals surface area contributed by atoms with Crippen LogP contribution in [0.25, 0.3) is 0 Å². The summed E-state index contributed by atoms with van der Waals surface area (Å²) < 4.78 is 17.4. The lowest BCUT2D eigenvalue weighted by Crippen LogP contribution is -2.40. The van der Waals surface area contributed by atoms with E-state index >= 15 is 0 Å². The molecule has 2 amide bonds. The van der Waals surface area contributed by atoms with Crippen LogP contribution in [0.2, 0.25) is 0 Å². The molecule has 0 saturated carbocycles. The second-order valence-electron chi connectivity index (χ2n) is 9.77. The molecule has 1 fully saturated rings. The van der Waals surface area contributed by atoms with Gasteiger partial charge in [0.05, 0.1) is 12.1 Å². The van der Waals surface area contributed by atoms with Crippen molar-refractivity contribution < 1.29 is 23.5 Å². The highest BCUT2D eigenvalue weighted by molar-refractivity contribution is 5.91. The van der Waals surface area contributed by atoms with Gasteiger partial charge in [-0.25, -0.2) is 0 Å². The quantitative estimate of drug-likeness (QED) is 0.471. The highest BCUT2D eigenvalue weighted by Crippen LogP contribution is 2.38. The molecule has 2 aliphatic rings. The van der Waals surface area contributed by atoms with Crippen molar-refractivity contribution in [1.82, 2.24) is 10.2 Å². The molecule has 1 aromatic heterocycles. The summed E-state index contributed by atoms with van der Waals surface area (Å²) in [6.45, 7) is 6.11. The summed E-state index contributed by atoms with van der Waals surface area (Å²) in [4.78, 5) is 27.3. The molecule has 1 N–H and O–H groups in total. The molecule has 2 aliphatic heterocycles. The van der Waals surface area contributed by atoms with Crippen molar-refractivity contribution in [2.24, 2.45) is 0 Å². The molecule has 5 rings (SSSR count). The highest BCUT2D eigenvalue weighted by atomic mass is 16.5. The van der Waals surface area contributed by atoms with E-state index in [4.69, 9.17) is 13.9 Å². The summed E-state index contributed by atoms with van der Waals surface area (Å²) >= 11 is 0. The molecule has 3 aromatic rings. The molecule has 0 unspecified atom stereocenters. The first-order valence-electron chi connectivity index (χ1n) is 13.1. The van der Waals surface area contributed by atoms with Crippen molar-refractivity contribution in [2.45, 2.75) is 58.3 Å². The number of hydrogen-bond acceptors (Lipinski definition) is 5. The summed E-state index contributed by atoms with van der Waals surface area (Å²) in [5.41, 5.74) is 4.57. The van der Waals surface area contributed by atoms with Gasteiger partial charge in [0.2, 0.25) is 5.91 Å². The van der Waals surface area contributed by atoms with Crippen LogP contribution in [0.4, 0.5) is 0 Å². The predicted octanol–water partition coefficient (Wildman–Crippen LogP) is 4.96. The summed E-state index contributed by atoms with van der Waals surface area (Å²) in [6, 6.07) is 17.7. The van der Waals surface area contributed by atoms with Gasteiger partial charge < -0.3 is 24.1 Å². The third-order valence-corrected chi connectivity index (χ3v) is 7.11. The normalized spacial score (nSPS) is 18.9. The van der Waals surface area contributed by atoms with E-state index in [0.717, 1.165) is 42.6 Å². The number of nitrogens with zero attached hydrogens (tertiary/aromatic N) is 1. The molecule has 3 heterocycles. The largest absolute Gasteiger partial charge is 0.486 e.